The zero-order valence-electron chi connectivity index (χ0n) is 13.5. The lowest BCUT2D eigenvalue weighted by Gasteiger charge is -2.26. The summed E-state index contributed by atoms with van der Waals surface area (Å²) in [6.07, 6.45) is 2.50. The summed E-state index contributed by atoms with van der Waals surface area (Å²) in [7, 11) is 0. The van der Waals surface area contributed by atoms with Gasteiger partial charge in [0, 0.05) is 11.9 Å². The van der Waals surface area contributed by atoms with Gasteiger partial charge in [0.2, 0.25) is 0 Å². The van der Waals surface area contributed by atoms with Crippen molar-refractivity contribution in [2.45, 2.75) is 19.4 Å². The molecule has 2 heterocycles. The Balaban J connectivity index is 1.82. The number of nitrogens with zero attached hydrogens (tertiary/aromatic N) is 2. The highest BCUT2D eigenvalue weighted by Gasteiger charge is 2.35. The van der Waals surface area contributed by atoms with E-state index < -0.39 is 0 Å². The molecule has 118 valence electrons. The lowest BCUT2D eigenvalue weighted by molar-refractivity contribution is 0.0974. The van der Waals surface area contributed by atoms with Crippen molar-refractivity contribution < 1.29 is 4.79 Å². The van der Waals surface area contributed by atoms with E-state index >= 15 is 0 Å². The normalized spacial score (nSPS) is 16.0. The molecule has 3 aromatic rings. The fourth-order valence-corrected chi connectivity index (χ4v) is 3.34. The molecule has 24 heavy (non-hydrogen) atoms. The Labute approximate surface area is 141 Å². The molecule has 1 atom stereocenters. The van der Waals surface area contributed by atoms with Gasteiger partial charge >= 0.3 is 0 Å². The first kappa shape index (κ1) is 14.6. The van der Waals surface area contributed by atoms with E-state index in [0.29, 0.717) is 5.69 Å². The average molecular weight is 314 g/mol. The molecule has 3 heteroatoms. The number of aromatic nitrogens is 1. The van der Waals surface area contributed by atoms with Crippen LogP contribution in [0.1, 0.15) is 33.2 Å². The third-order valence-electron chi connectivity index (χ3n) is 4.51. The highest BCUT2D eigenvalue weighted by atomic mass is 16.2. The van der Waals surface area contributed by atoms with Crippen molar-refractivity contribution >= 4 is 11.6 Å². The molecule has 3 nitrogen and oxygen atoms in total. The van der Waals surface area contributed by atoms with E-state index in [-0.39, 0.29) is 11.9 Å². The number of carbonyl (C=O) groups excluding carboxylic acids is 1. The van der Waals surface area contributed by atoms with Gasteiger partial charge in [-0.25, -0.2) is 0 Å². The largest absolute Gasteiger partial charge is 0.299 e. The molecule has 1 amide bonds. The fourth-order valence-electron chi connectivity index (χ4n) is 3.34. The molecule has 0 spiro atoms. The maximum atomic E-state index is 13.2. The molecule has 0 N–H and O–H groups in total. The number of hydrogen-bond acceptors (Lipinski definition) is 2. The standard InChI is InChI=1S/C21H18N2O/c1-15-10-11-17-14-20(16-7-3-2-4-8-16)23(19(17)13-15)21(24)18-9-5-6-12-22-18/h2-13,20H,14H2,1H3/t20-/m0/s1. The van der Waals surface area contributed by atoms with Gasteiger partial charge in [0.25, 0.3) is 5.91 Å². The average Bonchev–Trinajstić information content (AvgIpc) is 3.01. The van der Waals surface area contributed by atoms with E-state index in [9.17, 15) is 4.79 Å². The molecule has 0 unspecified atom stereocenters. The minimum Gasteiger partial charge on any atom is -0.299 e. The van der Waals surface area contributed by atoms with Crippen LogP contribution in [0.3, 0.4) is 0 Å². The van der Waals surface area contributed by atoms with Crippen LogP contribution < -0.4 is 4.90 Å². The van der Waals surface area contributed by atoms with Crippen molar-refractivity contribution in [3.05, 3.63) is 95.3 Å². The summed E-state index contributed by atoms with van der Waals surface area (Å²) >= 11 is 0. The minimum absolute atomic E-state index is 0.0116. The molecule has 0 aliphatic carbocycles. The summed E-state index contributed by atoms with van der Waals surface area (Å²) in [5.74, 6) is -0.0474. The lowest BCUT2D eigenvalue weighted by atomic mass is 10.0. The van der Waals surface area contributed by atoms with E-state index in [4.69, 9.17) is 0 Å². The number of hydrogen-bond donors (Lipinski definition) is 0. The van der Waals surface area contributed by atoms with Crippen molar-refractivity contribution in [3.8, 4) is 0 Å². The maximum Gasteiger partial charge on any atom is 0.277 e. The first-order chi connectivity index (χ1) is 11.7. The maximum absolute atomic E-state index is 13.2. The van der Waals surface area contributed by atoms with Crippen LogP contribution in [0.2, 0.25) is 0 Å². The molecular formula is C21H18N2O. The van der Waals surface area contributed by atoms with Crippen molar-refractivity contribution in [3.63, 3.8) is 0 Å². The second kappa shape index (κ2) is 5.93. The van der Waals surface area contributed by atoms with Crippen LogP contribution in [-0.2, 0) is 6.42 Å². The Morgan fingerprint density at radius 2 is 1.83 bits per heavy atom. The van der Waals surface area contributed by atoms with Crippen molar-refractivity contribution in [2.24, 2.45) is 0 Å². The molecule has 1 aliphatic heterocycles. The molecule has 0 radical (unpaired) electrons. The van der Waals surface area contributed by atoms with Gasteiger partial charge in [0.15, 0.2) is 0 Å². The quantitative estimate of drug-likeness (QED) is 0.705. The zero-order chi connectivity index (χ0) is 16.5. The highest BCUT2D eigenvalue weighted by Crippen LogP contribution is 2.41. The van der Waals surface area contributed by atoms with Gasteiger partial charge in [-0.2, -0.15) is 0 Å². The number of carbonyl (C=O) groups is 1. The van der Waals surface area contributed by atoms with Gasteiger partial charge in [-0.1, -0.05) is 48.5 Å². The van der Waals surface area contributed by atoms with Gasteiger partial charge in [-0.3, -0.25) is 14.7 Å². The Kier molecular flexibility index (Phi) is 3.62. The number of rotatable bonds is 2. The third kappa shape index (κ3) is 2.48. The third-order valence-corrected chi connectivity index (χ3v) is 4.51. The van der Waals surface area contributed by atoms with Crippen LogP contribution in [0.25, 0.3) is 0 Å². The predicted octanol–water partition coefficient (Wildman–Crippen LogP) is 4.33. The van der Waals surface area contributed by atoms with E-state index in [1.165, 1.54) is 5.56 Å². The van der Waals surface area contributed by atoms with Crippen molar-refractivity contribution in [1.29, 1.82) is 0 Å². The van der Waals surface area contributed by atoms with E-state index in [0.717, 1.165) is 23.2 Å². The summed E-state index contributed by atoms with van der Waals surface area (Å²) in [6.45, 7) is 2.06. The van der Waals surface area contributed by atoms with Gasteiger partial charge in [0.1, 0.15) is 5.69 Å². The molecule has 0 bridgehead atoms. The number of fused-ring (bicyclic) bond motifs is 1. The summed E-state index contributed by atoms with van der Waals surface area (Å²) < 4.78 is 0. The fraction of sp³-hybridized carbons (Fsp3) is 0.143. The Bertz CT molecular complexity index is 875. The van der Waals surface area contributed by atoms with E-state index in [1.54, 1.807) is 12.3 Å². The van der Waals surface area contributed by atoms with Crippen molar-refractivity contribution in [2.75, 3.05) is 4.90 Å². The predicted molar refractivity (Wildman–Crippen MR) is 95.1 cm³/mol. The summed E-state index contributed by atoms with van der Waals surface area (Å²) in [5.41, 5.74) is 4.99. The van der Waals surface area contributed by atoms with E-state index in [2.05, 4.69) is 42.2 Å². The highest BCUT2D eigenvalue weighted by molar-refractivity contribution is 6.06. The summed E-state index contributed by atoms with van der Waals surface area (Å²) in [6, 6.07) is 22.0. The van der Waals surface area contributed by atoms with Gasteiger partial charge in [-0.05, 0) is 48.2 Å². The number of benzene rings is 2. The van der Waals surface area contributed by atoms with Gasteiger partial charge in [0.05, 0.1) is 6.04 Å². The van der Waals surface area contributed by atoms with Crippen LogP contribution in [0.5, 0.6) is 0 Å². The zero-order valence-corrected chi connectivity index (χ0v) is 13.5. The molecular weight excluding hydrogens is 296 g/mol. The van der Waals surface area contributed by atoms with E-state index in [1.807, 2.05) is 35.2 Å². The Hall–Kier alpha value is -2.94. The second-order valence-corrected chi connectivity index (χ2v) is 6.15. The molecule has 0 saturated carbocycles. The number of anilines is 1. The lowest BCUT2D eigenvalue weighted by Crippen LogP contribution is -2.32. The second-order valence-electron chi connectivity index (χ2n) is 6.15. The number of aryl methyl sites for hydroxylation is 1. The smallest absolute Gasteiger partial charge is 0.277 e. The topological polar surface area (TPSA) is 33.2 Å². The monoisotopic (exact) mass is 314 g/mol. The summed E-state index contributed by atoms with van der Waals surface area (Å²) in [5, 5.41) is 0. The van der Waals surface area contributed by atoms with Gasteiger partial charge < -0.3 is 0 Å². The number of amides is 1. The first-order valence-corrected chi connectivity index (χ1v) is 8.13. The molecule has 0 fully saturated rings. The van der Waals surface area contributed by atoms with Crippen LogP contribution in [0.4, 0.5) is 5.69 Å². The summed E-state index contributed by atoms with van der Waals surface area (Å²) in [4.78, 5) is 19.3. The van der Waals surface area contributed by atoms with Crippen LogP contribution in [-0.4, -0.2) is 10.9 Å². The minimum atomic E-state index is -0.0474. The van der Waals surface area contributed by atoms with Crippen LogP contribution >= 0.6 is 0 Å². The van der Waals surface area contributed by atoms with Crippen molar-refractivity contribution in [1.82, 2.24) is 4.98 Å². The molecule has 2 aromatic carbocycles. The molecule has 0 saturated heterocycles. The Morgan fingerprint density at radius 1 is 1.04 bits per heavy atom. The van der Waals surface area contributed by atoms with Crippen LogP contribution in [0, 0.1) is 6.92 Å². The molecule has 4 rings (SSSR count). The number of pyridine rings is 1. The first-order valence-electron chi connectivity index (χ1n) is 8.13. The molecule has 1 aliphatic rings. The van der Waals surface area contributed by atoms with Gasteiger partial charge in [-0.15, -0.1) is 0 Å². The molecule has 1 aromatic heterocycles. The SMILES string of the molecule is Cc1ccc2c(c1)N(C(=O)c1ccccn1)[C@H](c1ccccc1)C2. The van der Waals surface area contributed by atoms with Crippen LogP contribution in [0.15, 0.2) is 72.9 Å². The Morgan fingerprint density at radius 3 is 2.58 bits per heavy atom.